The monoisotopic (exact) mass is 393 g/mol. The Balaban J connectivity index is 2.03. The van der Waals surface area contributed by atoms with Crippen LogP contribution in [0.2, 0.25) is 5.15 Å². The number of aromatic nitrogens is 1. The van der Waals surface area contributed by atoms with Crippen LogP contribution in [0.4, 0.5) is 10.1 Å². The predicted molar refractivity (Wildman–Crippen MR) is 96.9 cm³/mol. The first-order valence-corrected chi connectivity index (χ1v) is 8.46. The van der Waals surface area contributed by atoms with Crippen LogP contribution < -0.4 is 9.64 Å². The molecule has 4 rings (SSSR count). The van der Waals surface area contributed by atoms with E-state index in [1.807, 2.05) is 0 Å². The number of methoxy groups -OCH3 is 2. The van der Waals surface area contributed by atoms with E-state index in [1.54, 1.807) is 7.05 Å². The molecule has 1 fully saturated rings. The molecular weight excluding hydrogens is 375 g/mol. The van der Waals surface area contributed by atoms with Gasteiger partial charge in [0.2, 0.25) is 5.91 Å². The van der Waals surface area contributed by atoms with Gasteiger partial charge in [0.05, 0.1) is 41.0 Å². The molecule has 1 aromatic heterocycles. The highest BCUT2D eigenvalue weighted by Crippen LogP contribution is 2.58. The van der Waals surface area contributed by atoms with E-state index in [2.05, 4.69) is 4.98 Å². The third-order valence-corrected chi connectivity index (χ3v) is 5.47. The van der Waals surface area contributed by atoms with E-state index in [-0.39, 0.29) is 22.6 Å². The molecule has 2 aliphatic rings. The van der Waals surface area contributed by atoms with Crippen LogP contribution in [-0.4, -0.2) is 38.1 Å². The summed E-state index contributed by atoms with van der Waals surface area (Å²) >= 11 is 5.84. The Morgan fingerprint density at radius 3 is 2.81 bits per heavy atom. The lowest BCUT2D eigenvalue weighted by atomic mass is 9.90. The molecule has 0 saturated heterocycles. The van der Waals surface area contributed by atoms with Crippen LogP contribution in [0.1, 0.15) is 32.9 Å². The van der Waals surface area contributed by atoms with Crippen LogP contribution in [0.15, 0.2) is 18.3 Å². The summed E-state index contributed by atoms with van der Waals surface area (Å²) < 4.78 is 46.9. The number of anilines is 1. The van der Waals surface area contributed by atoms with E-state index < -0.39 is 35.1 Å². The normalized spacial score (nSPS) is 18.6. The number of carbonyl (C=O) groups is 2. The lowest BCUT2D eigenvalue weighted by Gasteiger charge is -2.17. The fourth-order valence-corrected chi connectivity index (χ4v) is 3.81. The highest BCUT2D eigenvalue weighted by molar-refractivity contribution is 6.30. The summed E-state index contributed by atoms with van der Waals surface area (Å²) in [5.74, 6) is -2.37. The van der Waals surface area contributed by atoms with Crippen molar-refractivity contribution in [1.29, 1.82) is 0 Å². The van der Waals surface area contributed by atoms with Gasteiger partial charge < -0.3 is 14.4 Å². The summed E-state index contributed by atoms with van der Waals surface area (Å²) in [6.07, 6.45) is 2.22. The molecule has 140 valence electrons. The van der Waals surface area contributed by atoms with Gasteiger partial charge in [0.1, 0.15) is 5.75 Å². The molecule has 8 heteroatoms. The first-order chi connectivity index (χ1) is 14.0. The molecule has 1 aliphatic heterocycles. The number of esters is 1. The Labute approximate surface area is 164 Å². The van der Waals surface area contributed by atoms with Crippen molar-refractivity contribution >= 4 is 29.2 Å². The number of amides is 1. The first kappa shape index (κ1) is 14.4. The molecule has 0 atom stereocenters. The van der Waals surface area contributed by atoms with E-state index in [4.69, 9.17) is 25.2 Å². The number of halogens is 2. The quantitative estimate of drug-likeness (QED) is 0.591. The number of carbonyl (C=O) groups excluding carboxylic acids is 2. The van der Waals surface area contributed by atoms with Crippen LogP contribution in [0, 0.1) is 5.82 Å². The van der Waals surface area contributed by atoms with Gasteiger partial charge in [0.15, 0.2) is 11.0 Å². The summed E-state index contributed by atoms with van der Waals surface area (Å²) in [5, 5.41) is -0.520. The molecule has 2 aromatic rings. The molecule has 2 heterocycles. The molecule has 6 nitrogen and oxygen atoms in total. The van der Waals surface area contributed by atoms with Gasteiger partial charge in [0.25, 0.3) is 0 Å². The molecule has 1 saturated carbocycles. The lowest BCUT2D eigenvalue weighted by molar-refractivity contribution is -0.119. The Bertz CT molecular complexity index is 1100. The van der Waals surface area contributed by atoms with E-state index in [1.165, 1.54) is 17.0 Å². The number of pyridine rings is 1. The van der Waals surface area contributed by atoms with Crippen LogP contribution in [-0.2, 0) is 14.9 Å². The van der Waals surface area contributed by atoms with E-state index in [9.17, 15) is 9.59 Å². The van der Waals surface area contributed by atoms with Crippen molar-refractivity contribution in [3.63, 3.8) is 0 Å². The Hall–Kier alpha value is -2.67. The molecule has 0 radical (unpaired) electrons. The van der Waals surface area contributed by atoms with Gasteiger partial charge in [-0.2, -0.15) is 0 Å². The Morgan fingerprint density at radius 1 is 1.44 bits per heavy atom. The molecule has 0 bridgehead atoms. The first-order valence-electron chi connectivity index (χ1n) is 9.58. The van der Waals surface area contributed by atoms with Gasteiger partial charge in [-0.05, 0) is 30.5 Å². The summed E-state index contributed by atoms with van der Waals surface area (Å²) in [5.41, 5.74) is 0.0323. The molecule has 0 N–H and O–H groups in total. The number of hydrogen-bond acceptors (Lipinski definition) is 5. The summed E-state index contributed by atoms with van der Waals surface area (Å²) in [6.45, 7) is 0. The topological polar surface area (TPSA) is 68.7 Å². The van der Waals surface area contributed by atoms with Gasteiger partial charge in [-0.3, -0.25) is 4.79 Å². The van der Waals surface area contributed by atoms with Crippen molar-refractivity contribution in [1.82, 2.24) is 4.98 Å². The number of ether oxygens (including phenoxy) is 2. The maximum atomic E-state index is 15.1. The molecule has 27 heavy (non-hydrogen) atoms. The van der Waals surface area contributed by atoms with Crippen molar-refractivity contribution in [3.05, 3.63) is 40.4 Å². The van der Waals surface area contributed by atoms with Gasteiger partial charge in [0, 0.05) is 18.3 Å². The Kier molecular flexibility index (Phi) is 3.16. The second-order valence-electron chi connectivity index (χ2n) is 6.56. The molecule has 1 amide bonds. The van der Waals surface area contributed by atoms with Gasteiger partial charge in [-0.1, -0.05) is 11.6 Å². The second kappa shape index (κ2) is 5.92. The van der Waals surface area contributed by atoms with Crippen LogP contribution in [0.5, 0.6) is 5.75 Å². The average Bonchev–Trinajstić information content (AvgIpc) is 3.46. The summed E-state index contributed by atoms with van der Waals surface area (Å²) in [6, 6.07) is 2.95. The largest absolute Gasteiger partial charge is 0.494 e. The fourth-order valence-electron chi connectivity index (χ4n) is 3.66. The highest BCUT2D eigenvalue weighted by Gasteiger charge is 2.58. The van der Waals surface area contributed by atoms with Crippen molar-refractivity contribution in [3.8, 4) is 16.9 Å². The number of rotatable bonds is 3. The number of nitrogens with zero attached hydrogens (tertiary/aromatic N) is 2. The number of fused-ring (bicyclic) bond motifs is 2. The third-order valence-electron chi connectivity index (χ3n) is 5.20. The minimum atomic E-state index is -2.90. The molecular formula is C19H16ClFN2O4. The molecule has 1 aromatic carbocycles. The average molecular weight is 394 g/mol. The summed E-state index contributed by atoms with van der Waals surface area (Å²) in [4.78, 5) is 30.3. The predicted octanol–water partition coefficient (Wildman–Crippen LogP) is 3.34. The molecule has 0 unspecified atom stereocenters. The minimum Gasteiger partial charge on any atom is -0.494 e. The Morgan fingerprint density at radius 2 is 2.19 bits per heavy atom. The standard InChI is InChI=1S/C19H16ClFN2O4/c1-23-12-7-10(17(24)27-3)9(6-11(12)19(4-5-19)18(23)25)14-13(26-2)8-22-16(20)15(14)21/h6-8H,4-5H2,1-3H3/i2D3. The number of likely N-dealkylation sites (N-methyl/N-ethyl adjacent to an activating group) is 1. The summed E-state index contributed by atoms with van der Waals surface area (Å²) in [7, 11) is -0.138. The minimum absolute atomic E-state index is 0.0102. The maximum absolute atomic E-state index is 15.1. The van der Waals surface area contributed by atoms with E-state index >= 15 is 4.39 Å². The second-order valence-corrected chi connectivity index (χ2v) is 6.92. The molecule has 1 aliphatic carbocycles. The maximum Gasteiger partial charge on any atom is 0.338 e. The van der Waals surface area contributed by atoms with Crippen molar-refractivity contribution in [2.75, 3.05) is 26.1 Å². The molecule has 1 spiro atoms. The van der Waals surface area contributed by atoms with Crippen LogP contribution in [0.25, 0.3) is 11.1 Å². The third kappa shape index (κ3) is 2.34. The zero-order chi connectivity index (χ0) is 22.0. The van der Waals surface area contributed by atoms with Crippen molar-refractivity contribution in [2.24, 2.45) is 0 Å². The fraction of sp³-hybridized carbons (Fsp3) is 0.316. The SMILES string of the molecule is [2H]C([2H])([2H])Oc1cnc(Cl)c(F)c1-c1cc2c(cc1C(=O)OC)N(C)C(=O)C21CC1. The van der Waals surface area contributed by atoms with Crippen molar-refractivity contribution in [2.45, 2.75) is 18.3 Å². The van der Waals surface area contributed by atoms with Crippen LogP contribution in [0.3, 0.4) is 0 Å². The van der Waals surface area contributed by atoms with Gasteiger partial charge >= 0.3 is 5.97 Å². The van der Waals surface area contributed by atoms with E-state index in [0.717, 1.165) is 13.3 Å². The van der Waals surface area contributed by atoms with Gasteiger partial charge in [-0.15, -0.1) is 0 Å². The van der Waals surface area contributed by atoms with E-state index in [0.29, 0.717) is 24.1 Å². The van der Waals surface area contributed by atoms with Gasteiger partial charge in [-0.25, -0.2) is 14.2 Å². The highest BCUT2D eigenvalue weighted by atomic mass is 35.5. The van der Waals surface area contributed by atoms with Crippen molar-refractivity contribution < 1.29 is 27.6 Å². The number of benzene rings is 1. The zero-order valence-corrected chi connectivity index (χ0v) is 15.2. The van der Waals surface area contributed by atoms with Crippen LogP contribution >= 0.6 is 11.6 Å². The zero-order valence-electron chi connectivity index (χ0n) is 17.4. The smallest absolute Gasteiger partial charge is 0.338 e. The lowest BCUT2D eigenvalue weighted by Crippen LogP contribution is -2.27. The number of hydrogen-bond donors (Lipinski definition) is 0.